The Balaban J connectivity index is 1.25. The van der Waals surface area contributed by atoms with Crippen molar-refractivity contribution in [3.63, 3.8) is 0 Å². The Morgan fingerprint density at radius 3 is 2.27 bits per heavy atom. The van der Waals surface area contributed by atoms with Crippen LogP contribution in [0.15, 0.2) is 29.2 Å². The summed E-state index contributed by atoms with van der Waals surface area (Å²) in [6, 6.07) is 3.38. The first kappa shape index (κ1) is 23.0. The molecular formula is C23H30F3N3O3S. The average molecular weight is 486 g/mol. The second-order valence-corrected chi connectivity index (χ2v) is 12.3. The molecule has 0 aromatic heterocycles. The maximum Gasteiger partial charge on any atom is 0.417 e. The average Bonchev–Trinajstić information content (AvgIpc) is 3.20. The van der Waals surface area contributed by atoms with E-state index >= 15 is 0 Å². The summed E-state index contributed by atoms with van der Waals surface area (Å²) in [6.45, 7) is 0.211. The second kappa shape index (κ2) is 8.15. The maximum atomic E-state index is 13.4. The molecule has 4 saturated carbocycles. The highest BCUT2D eigenvalue weighted by molar-refractivity contribution is 7.89. The maximum absolute atomic E-state index is 13.4. The Bertz CT molecular complexity index is 992. The van der Waals surface area contributed by atoms with E-state index in [0.717, 1.165) is 35.7 Å². The largest absolute Gasteiger partial charge is 0.417 e. The Kier molecular flexibility index (Phi) is 5.67. The number of alkyl halides is 3. The van der Waals surface area contributed by atoms with Gasteiger partial charge in [0.1, 0.15) is 0 Å². The molecule has 1 heterocycles. The van der Waals surface area contributed by atoms with Crippen LogP contribution in [0.3, 0.4) is 0 Å². The van der Waals surface area contributed by atoms with E-state index in [4.69, 9.17) is 0 Å². The van der Waals surface area contributed by atoms with E-state index in [9.17, 15) is 26.4 Å². The number of sulfonamides is 1. The molecule has 10 heteroatoms. The van der Waals surface area contributed by atoms with Crippen molar-refractivity contribution in [1.82, 2.24) is 14.9 Å². The summed E-state index contributed by atoms with van der Waals surface area (Å²) >= 11 is 0. The standard InChI is InChI=1S/C23H30F3N3O3S/c24-23(25,26)19-5-1-2-6-20(19)33(31,32)29-7-3-4-18(29)14-27-21(30)28-22-11-15-8-16(12-22)10-17(9-15)13-22/h1-2,5-6,15-18H,3-4,7-14H2,(H2,27,28,30). The van der Waals surface area contributed by atoms with E-state index in [1.807, 2.05) is 0 Å². The summed E-state index contributed by atoms with van der Waals surface area (Å²) in [5, 5.41) is 6.02. The van der Waals surface area contributed by atoms with Crippen molar-refractivity contribution in [3.8, 4) is 0 Å². The van der Waals surface area contributed by atoms with E-state index in [1.165, 1.54) is 31.4 Å². The molecule has 6 rings (SSSR count). The van der Waals surface area contributed by atoms with Crippen LogP contribution in [0.25, 0.3) is 0 Å². The van der Waals surface area contributed by atoms with Crippen LogP contribution in [-0.4, -0.2) is 43.4 Å². The molecule has 0 radical (unpaired) electrons. The van der Waals surface area contributed by atoms with Crippen LogP contribution in [0.4, 0.5) is 18.0 Å². The Hall–Kier alpha value is -1.81. The van der Waals surface area contributed by atoms with Gasteiger partial charge in [-0.05, 0) is 81.3 Å². The molecule has 33 heavy (non-hydrogen) atoms. The molecule has 5 fully saturated rings. The highest BCUT2D eigenvalue weighted by atomic mass is 32.2. The second-order valence-electron chi connectivity index (χ2n) is 10.4. The Labute approximate surface area is 192 Å². The lowest BCUT2D eigenvalue weighted by Crippen LogP contribution is -2.62. The minimum atomic E-state index is -4.77. The van der Waals surface area contributed by atoms with Crippen LogP contribution in [0.2, 0.25) is 0 Å². The molecule has 4 aliphatic carbocycles. The van der Waals surface area contributed by atoms with Gasteiger partial charge < -0.3 is 10.6 Å². The van der Waals surface area contributed by atoms with Crippen molar-refractivity contribution < 1.29 is 26.4 Å². The number of carbonyl (C=O) groups excluding carboxylic acids is 1. The first-order valence-corrected chi connectivity index (χ1v) is 13.2. The fourth-order valence-corrected chi connectivity index (χ4v) is 9.05. The molecule has 0 spiro atoms. The molecular weight excluding hydrogens is 455 g/mol. The van der Waals surface area contributed by atoms with Crippen LogP contribution in [-0.2, 0) is 16.2 Å². The zero-order valence-corrected chi connectivity index (χ0v) is 19.2. The van der Waals surface area contributed by atoms with Crippen LogP contribution in [0.1, 0.15) is 56.9 Å². The molecule has 6 nitrogen and oxygen atoms in total. The smallest absolute Gasteiger partial charge is 0.337 e. The molecule has 182 valence electrons. The predicted octanol–water partition coefficient (Wildman–Crippen LogP) is 4.13. The Morgan fingerprint density at radius 2 is 1.67 bits per heavy atom. The van der Waals surface area contributed by atoms with E-state index < -0.39 is 32.7 Å². The number of urea groups is 1. The number of nitrogens with zero attached hydrogens (tertiary/aromatic N) is 1. The zero-order valence-electron chi connectivity index (χ0n) is 18.4. The third-order valence-electron chi connectivity index (χ3n) is 8.02. The van der Waals surface area contributed by atoms with Crippen molar-refractivity contribution in [2.24, 2.45) is 17.8 Å². The highest BCUT2D eigenvalue weighted by Crippen LogP contribution is 2.55. The molecule has 1 aromatic carbocycles. The number of hydrogen-bond acceptors (Lipinski definition) is 3. The van der Waals surface area contributed by atoms with Crippen molar-refractivity contribution in [2.45, 2.75) is 74.0 Å². The fourth-order valence-electron chi connectivity index (χ4n) is 7.14. The van der Waals surface area contributed by atoms with Crippen LogP contribution >= 0.6 is 0 Å². The lowest BCUT2D eigenvalue weighted by molar-refractivity contribution is -0.139. The number of halogens is 3. The molecule has 1 atom stereocenters. The number of benzene rings is 1. The molecule has 1 aromatic rings. The van der Waals surface area contributed by atoms with Gasteiger partial charge in [0.25, 0.3) is 0 Å². The number of rotatable bonds is 5. The fraction of sp³-hybridized carbons (Fsp3) is 0.696. The minimum Gasteiger partial charge on any atom is -0.337 e. The normalized spacial score (nSPS) is 33.9. The summed E-state index contributed by atoms with van der Waals surface area (Å²) in [6.07, 6.45) is 3.06. The van der Waals surface area contributed by atoms with Gasteiger partial charge in [-0.2, -0.15) is 17.5 Å². The SMILES string of the molecule is O=C(NCC1CCCN1S(=O)(=O)c1ccccc1C(F)(F)F)NC12CC3CC(CC(C3)C1)C2. The van der Waals surface area contributed by atoms with Crippen LogP contribution in [0.5, 0.6) is 0 Å². The third-order valence-corrected chi connectivity index (χ3v) is 10.0. The number of hydrogen-bond donors (Lipinski definition) is 2. The summed E-state index contributed by atoms with van der Waals surface area (Å²) in [5.41, 5.74) is -1.32. The molecule has 1 saturated heterocycles. The van der Waals surface area contributed by atoms with E-state index in [0.29, 0.717) is 30.6 Å². The number of nitrogens with one attached hydrogen (secondary N) is 2. The molecule has 1 unspecified atom stereocenters. The van der Waals surface area contributed by atoms with Gasteiger partial charge in [0.05, 0.1) is 10.5 Å². The van der Waals surface area contributed by atoms with Crippen molar-refractivity contribution in [3.05, 3.63) is 29.8 Å². The van der Waals surface area contributed by atoms with Gasteiger partial charge in [-0.3, -0.25) is 0 Å². The van der Waals surface area contributed by atoms with Gasteiger partial charge in [-0.1, -0.05) is 12.1 Å². The molecule has 4 bridgehead atoms. The quantitative estimate of drug-likeness (QED) is 0.659. The molecule has 5 aliphatic rings. The number of carbonyl (C=O) groups is 1. The van der Waals surface area contributed by atoms with E-state index in [2.05, 4.69) is 10.6 Å². The number of amides is 2. The van der Waals surface area contributed by atoms with Gasteiger partial charge in [0.15, 0.2) is 0 Å². The van der Waals surface area contributed by atoms with Crippen molar-refractivity contribution in [2.75, 3.05) is 13.1 Å². The van der Waals surface area contributed by atoms with E-state index in [1.54, 1.807) is 0 Å². The minimum absolute atomic E-state index is 0.0750. The first-order chi connectivity index (χ1) is 15.6. The molecule has 1 aliphatic heterocycles. The van der Waals surface area contributed by atoms with Crippen LogP contribution < -0.4 is 10.6 Å². The van der Waals surface area contributed by atoms with Gasteiger partial charge in [-0.15, -0.1) is 0 Å². The molecule has 2 amide bonds. The summed E-state index contributed by atoms with van der Waals surface area (Å²) < 4.78 is 67.7. The monoisotopic (exact) mass is 485 g/mol. The zero-order chi connectivity index (χ0) is 23.4. The lowest BCUT2D eigenvalue weighted by atomic mass is 9.53. The highest BCUT2D eigenvalue weighted by Gasteiger charge is 2.51. The van der Waals surface area contributed by atoms with Crippen molar-refractivity contribution >= 4 is 16.1 Å². The van der Waals surface area contributed by atoms with Gasteiger partial charge in [0.2, 0.25) is 10.0 Å². The van der Waals surface area contributed by atoms with Crippen molar-refractivity contribution in [1.29, 1.82) is 0 Å². The summed E-state index contributed by atoms with van der Waals surface area (Å²) in [4.78, 5) is 12.0. The molecule has 2 N–H and O–H groups in total. The summed E-state index contributed by atoms with van der Waals surface area (Å²) in [5.74, 6) is 2.04. The first-order valence-electron chi connectivity index (χ1n) is 11.8. The van der Waals surface area contributed by atoms with Gasteiger partial charge in [-0.25, -0.2) is 13.2 Å². The van der Waals surface area contributed by atoms with Crippen LogP contribution in [0, 0.1) is 17.8 Å². The third kappa shape index (κ3) is 4.36. The Morgan fingerprint density at radius 1 is 1.06 bits per heavy atom. The van der Waals surface area contributed by atoms with E-state index in [-0.39, 0.29) is 24.7 Å². The predicted molar refractivity (Wildman–Crippen MR) is 116 cm³/mol. The summed E-state index contributed by atoms with van der Waals surface area (Å²) in [7, 11) is -4.35. The van der Waals surface area contributed by atoms with Gasteiger partial charge >= 0.3 is 12.2 Å². The van der Waals surface area contributed by atoms with Gasteiger partial charge in [0, 0.05) is 24.7 Å². The topological polar surface area (TPSA) is 78.5 Å². The lowest BCUT2D eigenvalue weighted by Gasteiger charge is -2.56.